The van der Waals surface area contributed by atoms with Crippen LogP contribution in [0.4, 0.5) is 13.2 Å². The maximum absolute atomic E-state index is 13.1. The van der Waals surface area contributed by atoms with Crippen molar-refractivity contribution < 1.29 is 22.7 Å². The Labute approximate surface area is 276 Å². The molecule has 6 heteroatoms. The fourth-order valence-electron chi connectivity index (χ4n) is 6.11. The molecule has 254 valence electrons. The monoisotopic (exact) mass is 639 g/mol. The predicted molar refractivity (Wildman–Crippen MR) is 187 cm³/mol. The number of allylic oxidation sites excluding steroid dienone is 9. The Morgan fingerprint density at radius 2 is 1.76 bits per heavy atom. The molecule has 1 saturated carbocycles. The summed E-state index contributed by atoms with van der Waals surface area (Å²) < 4.78 is 44.7. The Hall–Kier alpha value is -2.99. The largest absolute Gasteiger partial charge is 0.416 e. The third kappa shape index (κ3) is 12.0. The van der Waals surface area contributed by atoms with Crippen LogP contribution in [-0.2, 0) is 15.7 Å². The highest BCUT2D eigenvalue weighted by Gasteiger charge is 2.31. The van der Waals surface area contributed by atoms with Gasteiger partial charge in [0.05, 0.1) is 12.2 Å². The molecule has 1 aliphatic carbocycles. The molecule has 0 unspecified atom stereocenters. The highest BCUT2D eigenvalue weighted by Crippen LogP contribution is 2.40. The van der Waals surface area contributed by atoms with Crippen LogP contribution < -0.4 is 0 Å². The second kappa shape index (κ2) is 18.4. The molecule has 46 heavy (non-hydrogen) atoms. The van der Waals surface area contributed by atoms with E-state index >= 15 is 0 Å². The van der Waals surface area contributed by atoms with Crippen LogP contribution >= 0.6 is 0 Å². The van der Waals surface area contributed by atoms with E-state index in [1.807, 2.05) is 20.8 Å². The van der Waals surface area contributed by atoms with Crippen LogP contribution in [0.5, 0.6) is 0 Å². The standard InChI is InChI=1S/C40H56F3NO2/c1-10-29(4)34(26-35(27-46-9)33-16-18-36(19-17-33)40(41,42)43)14-12-11-13-23-39(7)24-21-32(22-25-39)15-20-37(45)38(31(6)44-8)30(5)28(2)3/h13-20,23,29,32,35H,2,10-12,21-22,24-27H2,1,3-9H3/b20-15+,23-13+,34-14-,38-30+,44-31?/t29-,32?,35-,39?/m0/s1. The van der Waals surface area contributed by atoms with E-state index in [0.717, 1.165) is 73.8 Å². The van der Waals surface area contributed by atoms with Gasteiger partial charge in [-0.2, -0.15) is 13.2 Å². The van der Waals surface area contributed by atoms with Crippen molar-refractivity contribution in [3.63, 3.8) is 0 Å². The van der Waals surface area contributed by atoms with Crippen LogP contribution in [0.1, 0.15) is 110 Å². The first-order valence-corrected chi connectivity index (χ1v) is 16.7. The average Bonchev–Trinajstić information content (AvgIpc) is 3.02. The lowest BCUT2D eigenvalue weighted by atomic mass is 9.71. The summed E-state index contributed by atoms with van der Waals surface area (Å²) in [6.07, 6.45) is 14.4. The fourth-order valence-corrected chi connectivity index (χ4v) is 6.11. The third-order valence-corrected chi connectivity index (χ3v) is 9.72. The Morgan fingerprint density at radius 3 is 2.28 bits per heavy atom. The van der Waals surface area contributed by atoms with Gasteiger partial charge in [-0.3, -0.25) is 9.79 Å². The van der Waals surface area contributed by atoms with Crippen molar-refractivity contribution in [2.24, 2.45) is 22.2 Å². The first-order valence-electron chi connectivity index (χ1n) is 16.7. The lowest BCUT2D eigenvalue weighted by Crippen LogP contribution is -2.22. The van der Waals surface area contributed by atoms with Gasteiger partial charge in [0.25, 0.3) is 0 Å². The molecule has 0 aromatic heterocycles. The molecule has 0 saturated heterocycles. The zero-order valence-electron chi connectivity index (χ0n) is 29.4. The van der Waals surface area contributed by atoms with Crippen LogP contribution in [0.2, 0.25) is 0 Å². The van der Waals surface area contributed by atoms with Gasteiger partial charge in [0.2, 0.25) is 0 Å². The number of ketones is 1. The number of aliphatic imine (C=N–C) groups is 1. The highest BCUT2D eigenvalue weighted by atomic mass is 19.4. The van der Waals surface area contributed by atoms with Gasteiger partial charge in [-0.15, -0.1) is 0 Å². The van der Waals surface area contributed by atoms with Crippen molar-refractivity contribution >= 4 is 11.5 Å². The van der Waals surface area contributed by atoms with Crippen LogP contribution in [-0.4, -0.2) is 32.3 Å². The normalized spacial score (nSPS) is 21.8. The molecule has 0 spiro atoms. The molecular weight excluding hydrogens is 583 g/mol. The minimum Gasteiger partial charge on any atom is -0.384 e. The molecule has 1 aromatic rings. The zero-order valence-corrected chi connectivity index (χ0v) is 29.4. The quantitative estimate of drug-likeness (QED) is 0.0593. The highest BCUT2D eigenvalue weighted by molar-refractivity contribution is 6.26. The topological polar surface area (TPSA) is 38.7 Å². The lowest BCUT2D eigenvalue weighted by molar-refractivity contribution is -0.137. The molecule has 0 aliphatic heterocycles. The molecule has 1 aromatic carbocycles. The number of hydrogen-bond donors (Lipinski definition) is 0. The van der Waals surface area contributed by atoms with Crippen molar-refractivity contribution in [1.82, 2.24) is 0 Å². The number of methoxy groups -OCH3 is 1. The van der Waals surface area contributed by atoms with Crippen molar-refractivity contribution in [2.75, 3.05) is 20.8 Å². The van der Waals surface area contributed by atoms with Crippen molar-refractivity contribution in [3.05, 3.63) is 94.6 Å². The minimum absolute atomic E-state index is 0.00283. The summed E-state index contributed by atoms with van der Waals surface area (Å²) in [7, 11) is 3.35. The molecular formula is C40H56F3NO2. The van der Waals surface area contributed by atoms with E-state index in [-0.39, 0.29) is 17.1 Å². The Bertz CT molecular complexity index is 1300. The Kier molecular flexibility index (Phi) is 15.7. The number of rotatable bonds is 16. The molecule has 0 heterocycles. The van der Waals surface area contributed by atoms with Gasteiger partial charge in [0.15, 0.2) is 5.78 Å². The summed E-state index contributed by atoms with van der Waals surface area (Å²) in [5, 5.41) is 0. The molecule has 1 fully saturated rings. The molecule has 2 atom stereocenters. The molecule has 0 amide bonds. The Morgan fingerprint density at radius 1 is 1.13 bits per heavy atom. The predicted octanol–water partition coefficient (Wildman–Crippen LogP) is 11.4. The van der Waals surface area contributed by atoms with Crippen LogP contribution in [0.15, 0.2) is 88.5 Å². The molecule has 3 nitrogen and oxygen atoms in total. The summed E-state index contributed by atoms with van der Waals surface area (Å²) in [5.74, 6) is 0.777. The number of hydrogen-bond acceptors (Lipinski definition) is 3. The van der Waals surface area contributed by atoms with Gasteiger partial charge >= 0.3 is 6.18 Å². The number of ether oxygens (including phenoxy) is 1. The second-order valence-electron chi connectivity index (χ2n) is 13.3. The van der Waals surface area contributed by atoms with Crippen molar-refractivity contribution in [2.45, 2.75) is 105 Å². The van der Waals surface area contributed by atoms with E-state index in [1.54, 1.807) is 32.4 Å². The number of unbranched alkanes of at least 4 members (excludes halogenated alkanes) is 1. The van der Waals surface area contributed by atoms with E-state index < -0.39 is 11.7 Å². The molecule has 2 rings (SSSR count). The van der Waals surface area contributed by atoms with Gasteiger partial charge in [0.1, 0.15) is 0 Å². The summed E-state index contributed by atoms with van der Waals surface area (Å²) in [6, 6.07) is 5.52. The number of carbonyl (C=O) groups excluding carboxylic acids is 1. The number of benzene rings is 1. The number of alkyl halides is 3. The SMILES string of the molecule is C=C(C)/C(C)=C(/C(=O)/C=C/C1CCC(C)(/C=C/CC/C=C(/C[C@@H](COC)c2ccc(C(F)(F)F)cc2)[C@@H](C)CC)CC1)C(C)=NC. The van der Waals surface area contributed by atoms with Gasteiger partial charge < -0.3 is 4.74 Å². The third-order valence-electron chi connectivity index (χ3n) is 9.72. The van der Waals surface area contributed by atoms with E-state index in [9.17, 15) is 18.0 Å². The van der Waals surface area contributed by atoms with Crippen molar-refractivity contribution in [3.8, 4) is 0 Å². The number of nitrogens with zero attached hydrogens (tertiary/aromatic N) is 1. The fraction of sp³-hybridized carbons (Fsp3) is 0.550. The number of carbonyl (C=O) groups is 1. The number of halogens is 3. The van der Waals surface area contributed by atoms with Gasteiger partial charge in [-0.25, -0.2) is 0 Å². The summed E-state index contributed by atoms with van der Waals surface area (Å²) in [6.45, 7) is 16.9. The average molecular weight is 640 g/mol. The van der Waals surface area contributed by atoms with Gasteiger partial charge in [0, 0.05) is 31.4 Å². The molecule has 1 aliphatic rings. The van der Waals surface area contributed by atoms with E-state index in [4.69, 9.17) is 4.74 Å². The van der Waals surface area contributed by atoms with Crippen LogP contribution in [0, 0.1) is 17.3 Å². The Balaban J connectivity index is 2.00. The summed E-state index contributed by atoms with van der Waals surface area (Å²) >= 11 is 0. The molecule has 0 N–H and O–H groups in total. The van der Waals surface area contributed by atoms with Crippen molar-refractivity contribution in [1.29, 1.82) is 0 Å². The van der Waals surface area contributed by atoms with E-state index in [1.165, 1.54) is 17.7 Å². The maximum atomic E-state index is 13.1. The molecule has 0 radical (unpaired) electrons. The van der Waals surface area contributed by atoms with Crippen LogP contribution in [0.25, 0.3) is 0 Å². The van der Waals surface area contributed by atoms with Gasteiger partial charge in [-0.05, 0) is 119 Å². The smallest absolute Gasteiger partial charge is 0.384 e. The van der Waals surface area contributed by atoms with Crippen LogP contribution in [0.3, 0.4) is 0 Å². The summed E-state index contributed by atoms with van der Waals surface area (Å²) in [5.41, 5.74) is 4.87. The first kappa shape index (κ1) is 39.2. The maximum Gasteiger partial charge on any atom is 0.416 e. The minimum atomic E-state index is -4.34. The zero-order chi connectivity index (χ0) is 34.5. The summed E-state index contributed by atoms with van der Waals surface area (Å²) in [4.78, 5) is 17.3. The first-order chi connectivity index (χ1) is 21.7. The van der Waals surface area contributed by atoms with E-state index in [2.05, 4.69) is 56.6 Å². The molecule has 0 bridgehead atoms. The lowest BCUT2D eigenvalue weighted by Gasteiger charge is -2.34. The van der Waals surface area contributed by atoms with Gasteiger partial charge in [-0.1, -0.05) is 74.9 Å². The van der Waals surface area contributed by atoms with E-state index in [0.29, 0.717) is 24.0 Å². The second-order valence-corrected chi connectivity index (χ2v) is 13.3.